The van der Waals surface area contributed by atoms with Crippen LogP contribution in [0.5, 0.6) is 0 Å². The number of aromatic nitrogens is 2. The molecule has 0 unspecified atom stereocenters. The Balaban J connectivity index is 1.57. The minimum absolute atomic E-state index is 0.00623. The summed E-state index contributed by atoms with van der Waals surface area (Å²) in [5, 5.41) is 8.83. The SMILES string of the molecule is Cc1csc([C@@H](NC(=O)NCc2nc(C)c(C)o2)C2CC2)n1. The van der Waals surface area contributed by atoms with Crippen LogP contribution < -0.4 is 10.6 Å². The van der Waals surface area contributed by atoms with Crippen LogP contribution in [0.4, 0.5) is 4.79 Å². The van der Waals surface area contributed by atoms with Crippen molar-refractivity contribution in [2.75, 3.05) is 0 Å². The van der Waals surface area contributed by atoms with Crippen LogP contribution in [0.15, 0.2) is 9.80 Å². The van der Waals surface area contributed by atoms with Gasteiger partial charge in [0.05, 0.1) is 18.3 Å². The lowest BCUT2D eigenvalue weighted by Gasteiger charge is -2.16. The van der Waals surface area contributed by atoms with Gasteiger partial charge in [-0.2, -0.15) is 0 Å². The Bertz CT molecular complexity index is 655. The third kappa shape index (κ3) is 3.47. The topological polar surface area (TPSA) is 80.0 Å². The Morgan fingerprint density at radius 1 is 1.41 bits per heavy atom. The Morgan fingerprint density at radius 3 is 2.73 bits per heavy atom. The molecule has 0 saturated heterocycles. The van der Waals surface area contributed by atoms with E-state index >= 15 is 0 Å². The molecule has 1 aliphatic carbocycles. The van der Waals surface area contributed by atoms with Crippen molar-refractivity contribution in [2.45, 2.75) is 46.2 Å². The first-order valence-corrected chi connectivity index (χ1v) is 8.30. The van der Waals surface area contributed by atoms with Crippen molar-refractivity contribution in [3.05, 3.63) is 33.4 Å². The monoisotopic (exact) mass is 320 g/mol. The maximum Gasteiger partial charge on any atom is 0.315 e. The second-order valence-corrected chi connectivity index (χ2v) is 6.61. The van der Waals surface area contributed by atoms with Crippen molar-refractivity contribution in [1.29, 1.82) is 0 Å². The molecular weight excluding hydrogens is 300 g/mol. The molecule has 2 amide bonds. The van der Waals surface area contributed by atoms with Crippen molar-refractivity contribution in [2.24, 2.45) is 5.92 Å². The molecule has 6 nitrogen and oxygen atoms in total. The van der Waals surface area contributed by atoms with E-state index in [1.807, 2.05) is 26.2 Å². The first-order chi connectivity index (χ1) is 10.5. The molecule has 1 atom stereocenters. The molecule has 2 heterocycles. The first kappa shape index (κ1) is 15.0. The Hall–Kier alpha value is -1.89. The predicted octanol–water partition coefficient (Wildman–Crippen LogP) is 3.01. The minimum Gasteiger partial charge on any atom is -0.444 e. The highest BCUT2D eigenvalue weighted by Gasteiger charge is 2.35. The summed E-state index contributed by atoms with van der Waals surface area (Å²) in [6, 6.07) is -0.204. The standard InChI is InChI=1S/C15H20N4O2S/c1-8-7-22-14(17-8)13(11-4-5-11)19-15(20)16-6-12-18-9(2)10(3)21-12/h7,11,13H,4-6H2,1-3H3,(H2,16,19,20)/t13-/m0/s1. The zero-order valence-corrected chi connectivity index (χ0v) is 13.8. The van der Waals surface area contributed by atoms with Crippen LogP contribution in [-0.4, -0.2) is 16.0 Å². The van der Waals surface area contributed by atoms with Crippen LogP contribution in [-0.2, 0) is 6.54 Å². The van der Waals surface area contributed by atoms with E-state index in [-0.39, 0.29) is 18.6 Å². The number of nitrogens with one attached hydrogen (secondary N) is 2. The van der Waals surface area contributed by atoms with E-state index in [4.69, 9.17) is 4.42 Å². The number of hydrogen-bond donors (Lipinski definition) is 2. The predicted molar refractivity (Wildman–Crippen MR) is 83.7 cm³/mol. The van der Waals surface area contributed by atoms with Gasteiger partial charge in [0.1, 0.15) is 10.8 Å². The molecule has 118 valence electrons. The van der Waals surface area contributed by atoms with E-state index in [2.05, 4.69) is 20.6 Å². The maximum atomic E-state index is 12.1. The van der Waals surface area contributed by atoms with Gasteiger partial charge in [-0.3, -0.25) is 0 Å². The zero-order chi connectivity index (χ0) is 15.7. The fourth-order valence-electron chi connectivity index (χ4n) is 2.29. The van der Waals surface area contributed by atoms with Gasteiger partial charge in [-0.25, -0.2) is 14.8 Å². The highest BCUT2D eigenvalue weighted by molar-refractivity contribution is 7.09. The van der Waals surface area contributed by atoms with Gasteiger partial charge in [0.25, 0.3) is 0 Å². The molecule has 7 heteroatoms. The van der Waals surface area contributed by atoms with E-state index in [1.54, 1.807) is 11.3 Å². The summed E-state index contributed by atoms with van der Waals surface area (Å²) in [5.41, 5.74) is 1.85. The quantitative estimate of drug-likeness (QED) is 0.887. The number of nitrogens with zero attached hydrogens (tertiary/aromatic N) is 2. The molecule has 2 N–H and O–H groups in total. The first-order valence-electron chi connectivity index (χ1n) is 7.42. The van der Waals surface area contributed by atoms with Gasteiger partial charge in [0, 0.05) is 11.1 Å². The molecule has 1 saturated carbocycles. The van der Waals surface area contributed by atoms with E-state index in [0.717, 1.165) is 35.0 Å². The van der Waals surface area contributed by atoms with E-state index in [0.29, 0.717) is 11.8 Å². The lowest BCUT2D eigenvalue weighted by atomic mass is 10.2. The minimum atomic E-state index is -0.210. The maximum absolute atomic E-state index is 12.1. The Labute approximate surface area is 133 Å². The van der Waals surface area contributed by atoms with Gasteiger partial charge in [0.15, 0.2) is 0 Å². The normalized spacial score (nSPS) is 15.6. The molecule has 0 spiro atoms. The molecule has 1 aliphatic rings. The van der Waals surface area contributed by atoms with Crippen molar-refractivity contribution in [3.63, 3.8) is 0 Å². The van der Waals surface area contributed by atoms with Crippen molar-refractivity contribution < 1.29 is 9.21 Å². The third-order valence-electron chi connectivity index (χ3n) is 3.76. The Morgan fingerprint density at radius 2 is 2.18 bits per heavy atom. The number of amides is 2. The van der Waals surface area contributed by atoms with Gasteiger partial charge >= 0.3 is 6.03 Å². The molecule has 0 aliphatic heterocycles. The lowest BCUT2D eigenvalue weighted by Crippen LogP contribution is -2.38. The number of rotatable bonds is 5. The largest absolute Gasteiger partial charge is 0.444 e. The van der Waals surface area contributed by atoms with Crippen molar-refractivity contribution >= 4 is 17.4 Å². The number of thiazole rings is 1. The summed E-state index contributed by atoms with van der Waals surface area (Å²) in [6.45, 7) is 6.00. The zero-order valence-electron chi connectivity index (χ0n) is 13.0. The number of carbonyl (C=O) groups is 1. The van der Waals surface area contributed by atoms with Crippen LogP contribution in [0.25, 0.3) is 0 Å². The van der Waals surface area contributed by atoms with Gasteiger partial charge < -0.3 is 15.1 Å². The van der Waals surface area contributed by atoms with E-state index in [1.165, 1.54) is 0 Å². The lowest BCUT2D eigenvalue weighted by molar-refractivity contribution is 0.233. The molecule has 3 rings (SSSR count). The van der Waals surface area contributed by atoms with Crippen LogP contribution in [0.2, 0.25) is 0 Å². The van der Waals surface area contributed by atoms with Gasteiger partial charge in [-0.1, -0.05) is 0 Å². The summed E-state index contributed by atoms with van der Waals surface area (Å²) in [4.78, 5) is 20.9. The van der Waals surface area contributed by atoms with Crippen LogP contribution in [0.3, 0.4) is 0 Å². The molecule has 22 heavy (non-hydrogen) atoms. The summed E-state index contributed by atoms with van der Waals surface area (Å²) in [5.74, 6) is 1.81. The molecule has 2 aromatic rings. The molecule has 1 fully saturated rings. The highest BCUT2D eigenvalue weighted by Crippen LogP contribution is 2.41. The molecule has 0 aromatic carbocycles. The fourth-order valence-corrected chi connectivity index (χ4v) is 3.23. The average molecular weight is 320 g/mol. The van der Waals surface area contributed by atoms with Crippen molar-refractivity contribution in [3.8, 4) is 0 Å². The van der Waals surface area contributed by atoms with Crippen LogP contribution in [0.1, 0.15) is 46.9 Å². The van der Waals surface area contributed by atoms with E-state index < -0.39 is 0 Å². The van der Waals surface area contributed by atoms with Crippen LogP contribution >= 0.6 is 11.3 Å². The molecular formula is C15H20N4O2S. The molecule has 0 bridgehead atoms. The van der Waals surface area contributed by atoms with E-state index in [9.17, 15) is 4.79 Å². The molecule has 0 radical (unpaired) electrons. The number of carbonyl (C=O) groups excluding carboxylic acids is 1. The summed E-state index contributed by atoms with van der Waals surface area (Å²) in [6.07, 6.45) is 2.28. The smallest absolute Gasteiger partial charge is 0.315 e. The van der Waals surface area contributed by atoms with Gasteiger partial charge in [0.2, 0.25) is 5.89 Å². The van der Waals surface area contributed by atoms with Crippen molar-refractivity contribution in [1.82, 2.24) is 20.6 Å². The second-order valence-electron chi connectivity index (χ2n) is 5.72. The number of oxazole rings is 1. The van der Waals surface area contributed by atoms with Crippen LogP contribution in [0, 0.1) is 26.7 Å². The summed E-state index contributed by atoms with van der Waals surface area (Å²) < 4.78 is 5.45. The summed E-state index contributed by atoms with van der Waals surface area (Å²) >= 11 is 1.60. The third-order valence-corrected chi connectivity index (χ3v) is 4.80. The van der Waals surface area contributed by atoms with Gasteiger partial charge in [-0.05, 0) is 39.5 Å². The van der Waals surface area contributed by atoms with Gasteiger partial charge in [-0.15, -0.1) is 11.3 Å². The fraction of sp³-hybridized carbons (Fsp3) is 0.533. The second kappa shape index (κ2) is 6.08. The Kier molecular flexibility index (Phi) is 4.15. The summed E-state index contributed by atoms with van der Waals surface area (Å²) in [7, 11) is 0. The number of urea groups is 1. The highest BCUT2D eigenvalue weighted by atomic mass is 32.1. The molecule has 2 aromatic heterocycles. The number of aryl methyl sites for hydroxylation is 3. The number of hydrogen-bond acceptors (Lipinski definition) is 5. The average Bonchev–Trinajstić information content (AvgIpc) is 3.15.